The number of ether oxygens (including phenoxy) is 2. The Kier molecular flexibility index (Phi) is 7.91. The summed E-state index contributed by atoms with van der Waals surface area (Å²) < 4.78 is 9.59. The van der Waals surface area contributed by atoms with Gasteiger partial charge in [-0.1, -0.05) is 13.3 Å². The summed E-state index contributed by atoms with van der Waals surface area (Å²) in [6.07, 6.45) is 2.17. The number of hydrogen-bond acceptors (Lipinski definition) is 4. The quantitative estimate of drug-likeness (QED) is 0.456. The maximum atomic E-state index is 11.6. The Morgan fingerprint density at radius 1 is 1.20 bits per heavy atom. The Bertz CT molecular complexity index is 201. The second-order valence-electron chi connectivity index (χ2n) is 3.35. The van der Waals surface area contributed by atoms with Crippen molar-refractivity contribution < 1.29 is 19.1 Å². The van der Waals surface area contributed by atoms with E-state index in [1.807, 2.05) is 6.92 Å². The van der Waals surface area contributed by atoms with Gasteiger partial charge in [0.05, 0.1) is 6.61 Å². The molecule has 0 saturated heterocycles. The number of methoxy groups -OCH3 is 1. The van der Waals surface area contributed by atoms with Crippen molar-refractivity contribution in [3.8, 4) is 0 Å². The van der Waals surface area contributed by atoms with Crippen LogP contribution >= 0.6 is 0 Å². The van der Waals surface area contributed by atoms with E-state index in [9.17, 15) is 9.59 Å². The highest BCUT2D eigenvalue weighted by Crippen LogP contribution is 2.13. The van der Waals surface area contributed by atoms with Gasteiger partial charge in [-0.25, -0.2) is 4.79 Å². The molecule has 0 radical (unpaired) electrons. The summed E-state index contributed by atoms with van der Waals surface area (Å²) in [5, 5.41) is 0. The van der Waals surface area contributed by atoms with Crippen molar-refractivity contribution in [3.05, 3.63) is 0 Å². The Balaban J connectivity index is 4.20. The van der Waals surface area contributed by atoms with Gasteiger partial charge in [-0.2, -0.15) is 0 Å². The van der Waals surface area contributed by atoms with Crippen molar-refractivity contribution in [2.24, 2.45) is 5.92 Å². The zero-order valence-corrected chi connectivity index (χ0v) is 9.75. The van der Waals surface area contributed by atoms with Gasteiger partial charge in [0.1, 0.15) is 0 Å². The fourth-order valence-corrected chi connectivity index (χ4v) is 1.38. The van der Waals surface area contributed by atoms with Crippen LogP contribution in [0.1, 0.15) is 33.1 Å². The second kappa shape index (κ2) is 8.41. The molecule has 0 aliphatic rings. The van der Waals surface area contributed by atoms with Crippen molar-refractivity contribution in [2.75, 3.05) is 20.3 Å². The van der Waals surface area contributed by atoms with Crippen LogP contribution < -0.4 is 0 Å². The van der Waals surface area contributed by atoms with Crippen molar-refractivity contribution in [3.63, 3.8) is 0 Å². The molecule has 4 nitrogen and oxygen atoms in total. The molecular weight excluding hydrogens is 196 g/mol. The van der Waals surface area contributed by atoms with E-state index in [0.717, 1.165) is 6.42 Å². The summed E-state index contributed by atoms with van der Waals surface area (Å²) in [5.41, 5.74) is 0. The number of rotatable bonds is 8. The summed E-state index contributed by atoms with van der Waals surface area (Å²) >= 11 is 0. The van der Waals surface area contributed by atoms with Crippen LogP contribution in [0.25, 0.3) is 0 Å². The number of carbonyl (C=O) groups is 2. The molecule has 15 heavy (non-hydrogen) atoms. The average Bonchev–Trinajstić information content (AvgIpc) is 2.23. The molecule has 0 saturated carbocycles. The van der Waals surface area contributed by atoms with E-state index < -0.39 is 11.8 Å². The van der Waals surface area contributed by atoms with Gasteiger partial charge in [-0.05, 0) is 19.8 Å². The molecule has 0 bridgehead atoms. The first-order chi connectivity index (χ1) is 7.17. The predicted molar refractivity (Wildman–Crippen MR) is 56.5 cm³/mol. The van der Waals surface area contributed by atoms with Crippen molar-refractivity contribution >= 4 is 11.8 Å². The first-order valence-electron chi connectivity index (χ1n) is 5.37. The number of esters is 1. The summed E-state index contributed by atoms with van der Waals surface area (Å²) in [5.74, 6) is -1.39. The molecule has 0 fully saturated rings. The number of hydrogen-bond donors (Lipinski definition) is 0. The summed E-state index contributed by atoms with van der Waals surface area (Å²) in [4.78, 5) is 22.8. The van der Waals surface area contributed by atoms with E-state index in [2.05, 4.69) is 4.74 Å². The molecule has 0 aliphatic carbocycles. The number of carbonyl (C=O) groups excluding carboxylic acids is 2. The Labute approximate surface area is 90.9 Å². The Hall–Kier alpha value is -0.900. The van der Waals surface area contributed by atoms with Crippen LogP contribution in [0.2, 0.25) is 0 Å². The van der Waals surface area contributed by atoms with Gasteiger partial charge >= 0.3 is 5.97 Å². The molecule has 88 valence electrons. The molecule has 0 aliphatic heterocycles. The molecule has 0 aromatic carbocycles. The number of Topliss-reactive ketones (excluding diaryl/α,β-unsaturated/α-hetero) is 1. The minimum Gasteiger partial charge on any atom is -0.460 e. The number of ketones is 1. The predicted octanol–water partition coefficient (Wildman–Crippen LogP) is 1.57. The maximum Gasteiger partial charge on any atom is 0.374 e. The molecule has 0 spiro atoms. The van der Waals surface area contributed by atoms with Gasteiger partial charge in [0, 0.05) is 19.6 Å². The first kappa shape index (κ1) is 14.1. The van der Waals surface area contributed by atoms with Crippen LogP contribution in [0.15, 0.2) is 0 Å². The highest BCUT2D eigenvalue weighted by Gasteiger charge is 2.25. The van der Waals surface area contributed by atoms with E-state index in [-0.39, 0.29) is 12.5 Å². The van der Waals surface area contributed by atoms with Gasteiger partial charge in [0.25, 0.3) is 0 Å². The Morgan fingerprint density at radius 3 is 2.33 bits per heavy atom. The maximum absolute atomic E-state index is 11.6. The molecule has 0 heterocycles. The monoisotopic (exact) mass is 216 g/mol. The van der Waals surface area contributed by atoms with Crippen LogP contribution in [0.5, 0.6) is 0 Å². The first-order valence-corrected chi connectivity index (χ1v) is 5.37. The summed E-state index contributed by atoms with van der Waals surface area (Å²) in [6.45, 7) is 4.41. The van der Waals surface area contributed by atoms with Crippen molar-refractivity contribution in [2.45, 2.75) is 33.1 Å². The van der Waals surface area contributed by atoms with E-state index in [1.54, 1.807) is 14.0 Å². The van der Waals surface area contributed by atoms with Crippen LogP contribution in [-0.2, 0) is 19.1 Å². The lowest BCUT2D eigenvalue weighted by Gasteiger charge is -2.12. The molecule has 1 unspecified atom stereocenters. The van der Waals surface area contributed by atoms with E-state index in [1.165, 1.54) is 0 Å². The van der Waals surface area contributed by atoms with Gasteiger partial charge in [0.2, 0.25) is 5.78 Å². The second-order valence-corrected chi connectivity index (χ2v) is 3.35. The molecular formula is C11H20O4. The third-order valence-corrected chi connectivity index (χ3v) is 2.15. The van der Waals surface area contributed by atoms with Gasteiger partial charge in [0.15, 0.2) is 0 Å². The lowest BCUT2D eigenvalue weighted by molar-refractivity contribution is -0.155. The van der Waals surface area contributed by atoms with E-state index >= 15 is 0 Å². The fourth-order valence-electron chi connectivity index (χ4n) is 1.38. The van der Waals surface area contributed by atoms with E-state index in [0.29, 0.717) is 19.4 Å². The highest BCUT2D eigenvalue weighted by atomic mass is 16.5. The largest absolute Gasteiger partial charge is 0.460 e. The zero-order valence-electron chi connectivity index (χ0n) is 9.75. The smallest absolute Gasteiger partial charge is 0.374 e. The van der Waals surface area contributed by atoms with Crippen LogP contribution in [-0.4, -0.2) is 32.1 Å². The topological polar surface area (TPSA) is 52.6 Å². The molecule has 1 atom stereocenters. The van der Waals surface area contributed by atoms with Gasteiger partial charge in [-0.3, -0.25) is 4.79 Å². The van der Waals surface area contributed by atoms with Crippen molar-refractivity contribution in [1.82, 2.24) is 0 Å². The molecule has 4 heteroatoms. The molecule has 0 aromatic rings. The lowest BCUT2D eigenvalue weighted by Crippen LogP contribution is -2.26. The Morgan fingerprint density at radius 2 is 1.87 bits per heavy atom. The molecule has 0 amide bonds. The molecule has 0 N–H and O–H groups in total. The SMILES string of the molecule is CCCC(CCOC)C(=O)C(=O)OCC. The van der Waals surface area contributed by atoms with E-state index in [4.69, 9.17) is 4.74 Å². The minimum absolute atomic E-state index is 0.244. The summed E-state index contributed by atoms with van der Waals surface area (Å²) in [6, 6.07) is 0. The normalized spacial score (nSPS) is 12.2. The van der Waals surface area contributed by atoms with Gasteiger partial charge in [-0.15, -0.1) is 0 Å². The van der Waals surface area contributed by atoms with Crippen molar-refractivity contribution in [1.29, 1.82) is 0 Å². The third-order valence-electron chi connectivity index (χ3n) is 2.15. The lowest BCUT2D eigenvalue weighted by atomic mass is 9.95. The average molecular weight is 216 g/mol. The summed E-state index contributed by atoms with van der Waals surface area (Å²) in [7, 11) is 1.58. The zero-order chi connectivity index (χ0) is 11.7. The highest BCUT2D eigenvalue weighted by molar-refractivity contribution is 6.34. The third kappa shape index (κ3) is 5.52. The minimum atomic E-state index is -0.716. The molecule has 0 aromatic heterocycles. The molecule has 0 rings (SSSR count). The fraction of sp³-hybridized carbons (Fsp3) is 0.818. The van der Waals surface area contributed by atoms with Crippen LogP contribution in [0, 0.1) is 5.92 Å². The van der Waals surface area contributed by atoms with Crippen LogP contribution in [0.4, 0.5) is 0 Å². The van der Waals surface area contributed by atoms with Crippen LogP contribution in [0.3, 0.4) is 0 Å². The van der Waals surface area contributed by atoms with Gasteiger partial charge < -0.3 is 9.47 Å². The standard InChI is InChI=1S/C11H20O4/c1-4-6-9(7-8-14-3)10(12)11(13)15-5-2/h9H,4-8H2,1-3H3.